The van der Waals surface area contributed by atoms with Crippen LogP contribution in [0.25, 0.3) is 11.1 Å². The van der Waals surface area contributed by atoms with Crippen LogP contribution in [0, 0.1) is 25.1 Å². The third-order valence-electron chi connectivity index (χ3n) is 3.70. The Balaban J connectivity index is 2.22. The number of hydrogen-bond acceptors (Lipinski definition) is 2. The number of terminal acetylenes is 1. The Bertz CT molecular complexity index is 866. The second-order valence-electron chi connectivity index (χ2n) is 5.38. The van der Waals surface area contributed by atoms with Gasteiger partial charge in [0, 0.05) is 17.2 Å². The van der Waals surface area contributed by atoms with Crippen molar-refractivity contribution >= 4 is 34.8 Å². The normalized spacial score (nSPS) is 13.3. The molecule has 0 spiro atoms. The van der Waals surface area contributed by atoms with Crippen molar-refractivity contribution in [1.29, 1.82) is 0 Å². The molecule has 3 nitrogen and oxygen atoms in total. The number of aryl methyl sites for hydroxylation is 1. The lowest BCUT2D eigenvalue weighted by molar-refractivity contribution is -0.121. The molecule has 1 aliphatic rings. The van der Waals surface area contributed by atoms with E-state index in [2.05, 4.69) is 5.92 Å². The monoisotopic (exact) mass is 363 g/mol. The van der Waals surface area contributed by atoms with Gasteiger partial charge < -0.3 is 4.74 Å². The van der Waals surface area contributed by atoms with Crippen molar-refractivity contribution in [1.82, 2.24) is 0 Å². The lowest BCUT2D eigenvalue weighted by atomic mass is 10.0. The molecule has 0 fully saturated rings. The van der Waals surface area contributed by atoms with Crippen molar-refractivity contribution in [3.8, 4) is 29.2 Å². The van der Waals surface area contributed by atoms with E-state index in [1.54, 1.807) is 12.1 Å². The molecule has 122 valence electrons. The van der Waals surface area contributed by atoms with Crippen LogP contribution in [0.2, 0.25) is 10.0 Å². The summed E-state index contributed by atoms with van der Waals surface area (Å²) in [5.41, 5.74) is 1.81. The van der Waals surface area contributed by atoms with Crippen LogP contribution in [-0.4, -0.2) is 19.1 Å². The molecule has 0 bridgehead atoms. The number of carbonyl (C=O) groups excluding carboxylic acids is 1. The predicted molar refractivity (Wildman–Crippen MR) is 93.3 cm³/mol. The van der Waals surface area contributed by atoms with E-state index in [0.717, 1.165) is 5.56 Å². The van der Waals surface area contributed by atoms with Crippen LogP contribution in [0.15, 0.2) is 24.3 Å². The van der Waals surface area contributed by atoms with Gasteiger partial charge in [-0.2, -0.15) is 0 Å². The van der Waals surface area contributed by atoms with Crippen LogP contribution < -0.4 is 9.64 Å². The van der Waals surface area contributed by atoms with Gasteiger partial charge in [0.25, 0.3) is 5.91 Å². The fourth-order valence-corrected chi connectivity index (χ4v) is 3.44. The zero-order chi connectivity index (χ0) is 17.4. The molecule has 2 aromatic rings. The van der Waals surface area contributed by atoms with E-state index in [0.29, 0.717) is 21.3 Å². The van der Waals surface area contributed by atoms with Gasteiger partial charge in [-0.1, -0.05) is 29.1 Å². The summed E-state index contributed by atoms with van der Waals surface area (Å²) in [6.07, 6.45) is 5.32. The molecule has 0 saturated heterocycles. The average molecular weight is 364 g/mol. The Labute approximate surface area is 148 Å². The van der Waals surface area contributed by atoms with Crippen molar-refractivity contribution in [2.24, 2.45) is 0 Å². The van der Waals surface area contributed by atoms with Crippen LogP contribution >= 0.6 is 23.2 Å². The zero-order valence-corrected chi connectivity index (χ0v) is 14.2. The Morgan fingerprint density at radius 3 is 2.58 bits per heavy atom. The third kappa shape index (κ3) is 2.82. The van der Waals surface area contributed by atoms with Crippen LogP contribution in [0.1, 0.15) is 5.56 Å². The highest BCUT2D eigenvalue weighted by atomic mass is 35.5. The van der Waals surface area contributed by atoms with E-state index < -0.39 is 5.82 Å². The molecule has 0 unspecified atom stereocenters. The van der Waals surface area contributed by atoms with Gasteiger partial charge in [-0.15, -0.1) is 6.42 Å². The van der Waals surface area contributed by atoms with E-state index >= 15 is 0 Å². The average Bonchev–Trinajstić information content (AvgIpc) is 2.50. The second-order valence-corrected chi connectivity index (χ2v) is 6.19. The molecular weight excluding hydrogens is 352 g/mol. The molecule has 0 radical (unpaired) electrons. The van der Waals surface area contributed by atoms with Crippen molar-refractivity contribution < 1.29 is 13.9 Å². The lowest BCUT2D eigenvalue weighted by Crippen LogP contribution is -2.39. The molecule has 6 heteroatoms. The van der Waals surface area contributed by atoms with Crippen molar-refractivity contribution in [3.63, 3.8) is 0 Å². The number of fused-ring (bicyclic) bond motifs is 1. The first-order valence-corrected chi connectivity index (χ1v) is 7.84. The van der Waals surface area contributed by atoms with Crippen molar-refractivity contribution in [2.45, 2.75) is 6.92 Å². The maximum Gasteiger partial charge on any atom is 0.265 e. The van der Waals surface area contributed by atoms with Gasteiger partial charge in [0.05, 0.1) is 22.3 Å². The summed E-state index contributed by atoms with van der Waals surface area (Å²) in [7, 11) is 0. The highest BCUT2D eigenvalue weighted by molar-refractivity contribution is 6.39. The Kier molecular flexibility index (Phi) is 4.40. The second kappa shape index (κ2) is 6.35. The number of carbonyl (C=O) groups is 1. The number of ether oxygens (including phenoxy) is 1. The summed E-state index contributed by atoms with van der Waals surface area (Å²) in [5, 5.41) is 0.649. The minimum atomic E-state index is -0.545. The molecule has 0 atom stereocenters. The van der Waals surface area contributed by atoms with Gasteiger partial charge in [0.15, 0.2) is 6.61 Å². The van der Waals surface area contributed by atoms with Crippen molar-refractivity contribution in [2.75, 3.05) is 18.1 Å². The molecule has 0 aromatic heterocycles. The molecule has 2 aromatic carbocycles. The number of hydrogen-bond donors (Lipinski definition) is 0. The van der Waals surface area contributed by atoms with Gasteiger partial charge in [-0.3, -0.25) is 9.69 Å². The molecule has 1 heterocycles. The first kappa shape index (κ1) is 16.6. The number of nitrogens with zero attached hydrogens (tertiary/aromatic N) is 1. The summed E-state index contributed by atoms with van der Waals surface area (Å²) in [5.74, 6) is 1.83. The number of anilines is 1. The first-order chi connectivity index (χ1) is 11.4. The van der Waals surface area contributed by atoms with Gasteiger partial charge in [-0.25, -0.2) is 4.39 Å². The van der Waals surface area contributed by atoms with Crippen molar-refractivity contribution in [3.05, 3.63) is 45.7 Å². The van der Waals surface area contributed by atoms with E-state index in [4.69, 9.17) is 34.4 Å². The molecule has 3 rings (SSSR count). The SMILES string of the molecule is C#CCN1C(=O)COc2cc(F)c(-c3c(Cl)cc(C)cc3Cl)cc21. The fraction of sp³-hybridized carbons (Fsp3) is 0.167. The summed E-state index contributed by atoms with van der Waals surface area (Å²) >= 11 is 12.5. The smallest absolute Gasteiger partial charge is 0.265 e. The molecule has 0 aliphatic carbocycles. The molecular formula is C18H12Cl2FNO2. The number of halogens is 3. The number of benzene rings is 2. The Morgan fingerprint density at radius 2 is 1.96 bits per heavy atom. The molecule has 1 amide bonds. The van der Waals surface area contributed by atoms with Gasteiger partial charge in [0.2, 0.25) is 0 Å². The lowest BCUT2D eigenvalue weighted by Gasteiger charge is -2.28. The Morgan fingerprint density at radius 1 is 1.29 bits per heavy atom. The van der Waals surface area contributed by atoms with E-state index in [1.165, 1.54) is 17.0 Å². The van der Waals surface area contributed by atoms with E-state index in [9.17, 15) is 9.18 Å². The van der Waals surface area contributed by atoms with E-state index in [1.807, 2.05) is 6.92 Å². The molecule has 0 N–H and O–H groups in total. The van der Waals surface area contributed by atoms with Gasteiger partial charge >= 0.3 is 0 Å². The summed E-state index contributed by atoms with van der Waals surface area (Å²) in [6.45, 7) is 1.72. The minimum Gasteiger partial charge on any atom is -0.481 e. The van der Waals surface area contributed by atoms with Crippen LogP contribution in [0.3, 0.4) is 0 Å². The molecule has 1 aliphatic heterocycles. The highest BCUT2D eigenvalue weighted by Crippen LogP contribution is 2.42. The first-order valence-electron chi connectivity index (χ1n) is 7.08. The summed E-state index contributed by atoms with van der Waals surface area (Å²) in [4.78, 5) is 13.4. The third-order valence-corrected chi connectivity index (χ3v) is 4.29. The highest BCUT2D eigenvalue weighted by Gasteiger charge is 2.27. The topological polar surface area (TPSA) is 29.5 Å². The fourth-order valence-electron chi connectivity index (χ4n) is 2.64. The molecule has 24 heavy (non-hydrogen) atoms. The number of rotatable bonds is 2. The van der Waals surface area contributed by atoms with E-state index in [-0.39, 0.29) is 30.4 Å². The maximum absolute atomic E-state index is 14.6. The largest absolute Gasteiger partial charge is 0.481 e. The standard InChI is InChI=1S/C18H12Cl2FNO2/c1-3-4-22-15-7-11(14(21)8-16(15)24-9-17(22)23)18-12(19)5-10(2)6-13(18)20/h1,5-8H,4,9H2,2H3. The zero-order valence-electron chi connectivity index (χ0n) is 12.7. The minimum absolute atomic E-state index is 0.0651. The predicted octanol–water partition coefficient (Wildman–Crippen LogP) is 4.47. The quantitative estimate of drug-likeness (QED) is 0.736. The van der Waals surface area contributed by atoms with Crippen LogP contribution in [0.4, 0.5) is 10.1 Å². The van der Waals surface area contributed by atoms with Gasteiger partial charge in [0.1, 0.15) is 11.6 Å². The number of amides is 1. The molecule has 0 saturated carbocycles. The Hall–Kier alpha value is -2.22. The van der Waals surface area contributed by atoms with Gasteiger partial charge in [-0.05, 0) is 30.7 Å². The van der Waals surface area contributed by atoms with Crippen LogP contribution in [0.5, 0.6) is 5.75 Å². The maximum atomic E-state index is 14.6. The summed E-state index contributed by atoms with van der Waals surface area (Å²) < 4.78 is 19.9. The van der Waals surface area contributed by atoms with Crippen LogP contribution in [-0.2, 0) is 4.79 Å². The summed E-state index contributed by atoms with van der Waals surface area (Å²) in [6, 6.07) is 6.10.